The number of hydrogen-bond donors (Lipinski definition) is 0. The fourth-order valence-corrected chi connectivity index (χ4v) is 2.79. The molecular formula is C18H15NO5. The van der Waals surface area contributed by atoms with Gasteiger partial charge in [0.1, 0.15) is 0 Å². The molecule has 0 bridgehead atoms. The third-order valence-corrected chi connectivity index (χ3v) is 4.05. The van der Waals surface area contributed by atoms with Gasteiger partial charge in [-0.3, -0.25) is 14.9 Å². The lowest BCUT2D eigenvalue weighted by Crippen LogP contribution is -2.14. The number of ketones is 1. The first-order chi connectivity index (χ1) is 11.5. The van der Waals surface area contributed by atoms with Gasteiger partial charge in [0.15, 0.2) is 12.4 Å². The Morgan fingerprint density at radius 3 is 2.62 bits per heavy atom. The Balaban J connectivity index is 1.64. The summed E-state index contributed by atoms with van der Waals surface area (Å²) in [6, 6.07) is 10.8. The number of Topliss-reactive ketones (excluding diaryl/α,β-unsaturated/α-hetero) is 1. The molecule has 0 spiro atoms. The van der Waals surface area contributed by atoms with Crippen LogP contribution < -0.4 is 0 Å². The topological polar surface area (TPSA) is 86.5 Å². The molecule has 1 aliphatic rings. The van der Waals surface area contributed by atoms with Crippen LogP contribution in [0.25, 0.3) is 0 Å². The minimum atomic E-state index is -0.756. The van der Waals surface area contributed by atoms with E-state index in [4.69, 9.17) is 4.74 Å². The molecule has 0 N–H and O–H groups in total. The van der Waals surface area contributed by atoms with E-state index in [1.807, 2.05) is 12.1 Å². The van der Waals surface area contributed by atoms with Gasteiger partial charge in [0.2, 0.25) is 0 Å². The summed E-state index contributed by atoms with van der Waals surface area (Å²) in [6.45, 7) is -0.389. The number of benzene rings is 2. The monoisotopic (exact) mass is 325 g/mol. The number of nitro groups is 1. The molecule has 0 saturated heterocycles. The van der Waals surface area contributed by atoms with Crippen LogP contribution in [0.1, 0.15) is 38.3 Å². The molecule has 1 aliphatic carbocycles. The predicted molar refractivity (Wildman–Crippen MR) is 86.2 cm³/mol. The van der Waals surface area contributed by atoms with E-state index in [0.29, 0.717) is 5.56 Å². The Bertz CT molecular complexity index is 828. The molecule has 6 nitrogen and oxygen atoms in total. The standard InChI is InChI=1S/C18H15NO5/c20-17(14-8-7-12-3-1-4-13(12)9-14)11-24-18(21)15-5-2-6-16(10-15)19(22)23/h2,5-10H,1,3-4,11H2. The average Bonchev–Trinajstić information content (AvgIpc) is 3.07. The van der Waals surface area contributed by atoms with Crippen LogP contribution in [0.2, 0.25) is 0 Å². The first kappa shape index (κ1) is 15.9. The Kier molecular flexibility index (Phi) is 4.37. The maximum Gasteiger partial charge on any atom is 0.338 e. The molecule has 2 aromatic rings. The van der Waals surface area contributed by atoms with Gasteiger partial charge in [-0.25, -0.2) is 4.79 Å². The van der Waals surface area contributed by atoms with E-state index in [2.05, 4.69) is 0 Å². The Morgan fingerprint density at radius 2 is 1.83 bits per heavy atom. The number of hydrogen-bond acceptors (Lipinski definition) is 5. The Labute approximate surface area is 138 Å². The van der Waals surface area contributed by atoms with Gasteiger partial charge in [0.05, 0.1) is 10.5 Å². The lowest BCUT2D eigenvalue weighted by atomic mass is 10.0. The van der Waals surface area contributed by atoms with Crippen molar-refractivity contribution in [2.24, 2.45) is 0 Å². The molecule has 3 rings (SSSR count). The summed E-state index contributed by atoms with van der Waals surface area (Å²) < 4.78 is 4.99. The number of carbonyl (C=O) groups excluding carboxylic acids is 2. The zero-order chi connectivity index (χ0) is 17.1. The van der Waals surface area contributed by atoms with Gasteiger partial charge in [-0.1, -0.05) is 18.2 Å². The third kappa shape index (κ3) is 3.32. The van der Waals surface area contributed by atoms with Crippen molar-refractivity contribution >= 4 is 17.4 Å². The van der Waals surface area contributed by atoms with E-state index in [1.54, 1.807) is 6.07 Å². The second-order valence-electron chi connectivity index (χ2n) is 5.64. The number of ether oxygens (including phenoxy) is 1. The zero-order valence-electron chi connectivity index (χ0n) is 12.9. The van der Waals surface area contributed by atoms with Crippen LogP contribution >= 0.6 is 0 Å². The first-order valence-corrected chi connectivity index (χ1v) is 7.61. The molecule has 24 heavy (non-hydrogen) atoms. The first-order valence-electron chi connectivity index (χ1n) is 7.61. The van der Waals surface area contributed by atoms with Crippen LogP contribution in [-0.4, -0.2) is 23.3 Å². The van der Waals surface area contributed by atoms with Gasteiger partial charge in [-0.15, -0.1) is 0 Å². The molecule has 0 fully saturated rings. The number of rotatable bonds is 5. The van der Waals surface area contributed by atoms with E-state index in [-0.39, 0.29) is 23.6 Å². The molecule has 122 valence electrons. The van der Waals surface area contributed by atoms with Crippen LogP contribution in [0.3, 0.4) is 0 Å². The molecular weight excluding hydrogens is 310 g/mol. The van der Waals surface area contributed by atoms with Gasteiger partial charge in [0.25, 0.3) is 5.69 Å². The molecule has 0 aromatic heterocycles. The zero-order valence-corrected chi connectivity index (χ0v) is 12.9. The van der Waals surface area contributed by atoms with Gasteiger partial charge < -0.3 is 4.74 Å². The van der Waals surface area contributed by atoms with Crippen molar-refractivity contribution in [3.05, 3.63) is 74.8 Å². The normalized spacial score (nSPS) is 12.5. The predicted octanol–water partition coefficient (Wildman–Crippen LogP) is 3.12. The number of fused-ring (bicyclic) bond motifs is 1. The summed E-state index contributed by atoms with van der Waals surface area (Å²) in [7, 11) is 0. The summed E-state index contributed by atoms with van der Waals surface area (Å²) in [4.78, 5) is 34.2. The molecule has 0 saturated carbocycles. The number of non-ortho nitro benzene ring substituents is 1. The van der Waals surface area contributed by atoms with Crippen molar-refractivity contribution in [3.8, 4) is 0 Å². The molecule has 6 heteroatoms. The van der Waals surface area contributed by atoms with Gasteiger partial charge in [0, 0.05) is 17.7 Å². The highest BCUT2D eigenvalue weighted by atomic mass is 16.6. The van der Waals surface area contributed by atoms with E-state index >= 15 is 0 Å². The number of aryl methyl sites for hydroxylation is 2. The largest absolute Gasteiger partial charge is 0.454 e. The van der Waals surface area contributed by atoms with Crippen molar-refractivity contribution in [1.29, 1.82) is 0 Å². The SMILES string of the molecule is O=C(COC(=O)c1cccc([N+](=O)[O-])c1)c1ccc2c(c1)CCC2. The molecule has 0 heterocycles. The van der Waals surface area contributed by atoms with E-state index in [1.165, 1.54) is 29.3 Å². The van der Waals surface area contributed by atoms with Crippen molar-refractivity contribution in [2.45, 2.75) is 19.3 Å². The summed E-state index contributed by atoms with van der Waals surface area (Å²) >= 11 is 0. The Hall–Kier alpha value is -3.02. The molecule has 0 unspecified atom stereocenters. The number of esters is 1. The van der Waals surface area contributed by atoms with Gasteiger partial charge in [-0.05, 0) is 42.5 Å². The average molecular weight is 325 g/mol. The second-order valence-corrected chi connectivity index (χ2v) is 5.64. The number of nitro benzene ring substituents is 1. The minimum Gasteiger partial charge on any atom is -0.454 e. The second kappa shape index (κ2) is 6.62. The summed E-state index contributed by atoms with van der Waals surface area (Å²) in [5, 5.41) is 10.7. The van der Waals surface area contributed by atoms with Crippen molar-refractivity contribution in [3.63, 3.8) is 0 Å². The fraction of sp³-hybridized carbons (Fsp3) is 0.222. The Morgan fingerprint density at radius 1 is 1.04 bits per heavy atom. The van der Waals surface area contributed by atoms with Crippen molar-refractivity contribution < 1.29 is 19.2 Å². The van der Waals surface area contributed by atoms with Crippen LogP contribution in [0.15, 0.2) is 42.5 Å². The van der Waals surface area contributed by atoms with E-state index in [9.17, 15) is 19.7 Å². The molecule has 0 radical (unpaired) electrons. The van der Waals surface area contributed by atoms with E-state index < -0.39 is 10.9 Å². The van der Waals surface area contributed by atoms with Crippen molar-refractivity contribution in [2.75, 3.05) is 6.61 Å². The molecule has 0 aliphatic heterocycles. The summed E-state index contributed by atoms with van der Waals surface area (Å²) in [5.74, 6) is -1.04. The highest BCUT2D eigenvalue weighted by Crippen LogP contribution is 2.23. The van der Waals surface area contributed by atoms with Crippen LogP contribution in [-0.2, 0) is 17.6 Å². The molecule has 0 atom stereocenters. The fourth-order valence-electron chi connectivity index (χ4n) is 2.79. The maximum absolute atomic E-state index is 12.2. The van der Waals surface area contributed by atoms with E-state index in [0.717, 1.165) is 25.3 Å². The maximum atomic E-state index is 12.2. The quantitative estimate of drug-likeness (QED) is 0.365. The highest BCUT2D eigenvalue weighted by molar-refractivity contribution is 5.99. The highest BCUT2D eigenvalue weighted by Gasteiger charge is 2.17. The lowest BCUT2D eigenvalue weighted by molar-refractivity contribution is -0.384. The molecule has 0 amide bonds. The molecule has 2 aromatic carbocycles. The van der Waals surface area contributed by atoms with Crippen molar-refractivity contribution in [1.82, 2.24) is 0 Å². The minimum absolute atomic E-state index is 0.0472. The summed E-state index contributed by atoms with van der Waals surface area (Å²) in [5.41, 5.74) is 2.80. The third-order valence-electron chi connectivity index (χ3n) is 4.05. The van der Waals surface area contributed by atoms with Gasteiger partial charge in [-0.2, -0.15) is 0 Å². The number of nitrogens with zero attached hydrogens (tertiary/aromatic N) is 1. The number of carbonyl (C=O) groups is 2. The van der Waals surface area contributed by atoms with Crippen LogP contribution in [0, 0.1) is 10.1 Å². The smallest absolute Gasteiger partial charge is 0.338 e. The van der Waals surface area contributed by atoms with Crippen LogP contribution in [0.4, 0.5) is 5.69 Å². The summed E-state index contributed by atoms with van der Waals surface area (Å²) in [6.07, 6.45) is 3.09. The van der Waals surface area contributed by atoms with Crippen LogP contribution in [0.5, 0.6) is 0 Å². The lowest BCUT2D eigenvalue weighted by Gasteiger charge is -2.06. The van der Waals surface area contributed by atoms with Gasteiger partial charge >= 0.3 is 5.97 Å².